The Morgan fingerprint density at radius 3 is 2.44 bits per heavy atom. The van der Waals surface area contributed by atoms with E-state index in [9.17, 15) is 4.79 Å². The molecular formula is C13H28N2O. The Morgan fingerprint density at radius 1 is 1.25 bits per heavy atom. The summed E-state index contributed by atoms with van der Waals surface area (Å²) in [6, 6.07) is 0. The molecule has 0 aromatic carbocycles. The monoisotopic (exact) mass is 228 g/mol. The van der Waals surface area contributed by atoms with Crippen molar-refractivity contribution < 1.29 is 4.79 Å². The summed E-state index contributed by atoms with van der Waals surface area (Å²) in [5.41, 5.74) is 5.57. The van der Waals surface area contributed by atoms with Crippen LogP contribution in [0.4, 0.5) is 0 Å². The van der Waals surface area contributed by atoms with Gasteiger partial charge in [-0.15, -0.1) is 0 Å². The van der Waals surface area contributed by atoms with Crippen LogP contribution in [0.25, 0.3) is 0 Å². The van der Waals surface area contributed by atoms with Gasteiger partial charge in [0.2, 0.25) is 5.91 Å². The van der Waals surface area contributed by atoms with E-state index in [-0.39, 0.29) is 11.8 Å². The molecule has 0 rings (SSSR count). The van der Waals surface area contributed by atoms with Gasteiger partial charge in [-0.2, -0.15) is 0 Å². The molecule has 0 fully saturated rings. The third-order valence-electron chi connectivity index (χ3n) is 2.80. The smallest absolute Gasteiger partial charge is 0.224 e. The highest BCUT2D eigenvalue weighted by molar-refractivity contribution is 5.78. The Hall–Kier alpha value is -0.570. The molecule has 96 valence electrons. The van der Waals surface area contributed by atoms with Crippen LogP contribution in [-0.2, 0) is 4.79 Å². The molecule has 0 aliphatic heterocycles. The SMILES string of the molecule is CCCC(CN)C(=O)NCCCCC(C)C. The third-order valence-corrected chi connectivity index (χ3v) is 2.80. The lowest BCUT2D eigenvalue weighted by atomic mass is 10.0. The molecule has 3 heteroatoms. The van der Waals surface area contributed by atoms with E-state index in [1.54, 1.807) is 0 Å². The summed E-state index contributed by atoms with van der Waals surface area (Å²) in [6.07, 6.45) is 5.43. The first-order valence-corrected chi connectivity index (χ1v) is 6.59. The lowest BCUT2D eigenvalue weighted by Gasteiger charge is -2.13. The maximum absolute atomic E-state index is 11.7. The minimum absolute atomic E-state index is 0.00935. The van der Waals surface area contributed by atoms with Crippen LogP contribution >= 0.6 is 0 Å². The summed E-state index contributed by atoms with van der Waals surface area (Å²) in [4.78, 5) is 11.7. The van der Waals surface area contributed by atoms with Gasteiger partial charge in [0.25, 0.3) is 0 Å². The quantitative estimate of drug-likeness (QED) is 0.595. The molecule has 1 unspecified atom stereocenters. The first-order valence-electron chi connectivity index (χ1n) is 6.59. The second kappa shape index (κ2) is 9.64. The van der Waals surface area contributed by atoms with Crippen molar-refractivity contribution in [3.05, 3.63) is 0 Å². The Labute approximate surface area is 100 Å². The van der Waals surface area contributed by atoms with E-state index < -0.39 is 0 Å². The number of hydrogen-bond donors (Lipinski definition) is 2. The molecule has 1 amide bonds. The van der Waals surface area contributed by atoms with Gasteiger partial charge in [-0.25, -0.2) is 0 Å². The van der Waals surface area contributed by atoms with Crippen LogP contribution in [0, 0.1) is 11.8 Å². The number of carbonyl (C=O) groups excluding carboxylic acids is 1. The highest BCUT2D eigenvalue weighted by atomic mass is 16.1. The summed E-state index contributed by atoms with van der Waals surface area (Å²) in [7, 11) is 0. The van der Waals surface area contributed by atoms with E-state index in [0.29, 0.717) is 6.54 Å². The Morgan fingerprint density at radius 2 is 1.94 bits per heavy atom. The molecule has 3 N–H and O–H groups in total. The molecule has 0 bridgehead atoms. The number of amides is 1. The maximum atomic E-state index is 11.7. The summed E-state index contributed by atoms with van der Waals surface area (Å²) >= 11 is 0. The van der Waals surface area contributed by atoms with E-state index in [4.69, 9.17) is 5.73 Å². The normalized spacial score (nSPS) is 12.8. The average molecular weight is 228 g/mol. The summed E-state index contributed by atoms with van der Waals surface area (Å²) < 4.78 is 0. The fraction of sp³-hybridized carbons (Fsp3) is 0.923. The Bertz CT molecular complexity index is 181. The number of nitrogens with two attached hydrogens (primary N) is 1. The van der Waals surface area contributed by atoms with Gasteiger partial charge in [-0.1, -0.05) is 40.0 Å². The van der Waals surface area contributed by atoms with Crippen molar-refractivity contribution in [2.45, 2.75) is 52.9 Å². The number of hydrogen-bond acceptors (Lipinski definition) is 2. The molecular weight excluding hydrogens is 200 g/mol. The minimum atomic E-state index is 0.00935. The Kier molecular flexibility index (Phi) is 9.30. The van der Waals surface area contributed by atoms with Crippen LogP contribution in [0.3, 0.4) is 0 Å². The van der Waals surface area contributed by atoms with Gasteiger partial charge in [0.15, 0.2) is 0 Å². The maximum Gasteiger partial charge on any atom is 0.224 e. The molecule has 1 atom stereocenters. The molecule has 0 aromatic heterocycles. The van der Waals surface area contributed by atoms with Gasteiger partial charge >= 0.3 is 0 Å². The first-order chi connectivity index (χ1) is 7.61. The third kappa shape index (κ3) is 7.69. The fourth-order valence-corrected chi connectivity index (χ4v) is 1.74. The summed E-state index contributed by atoms with van der Waals surface area (Å²) in [6.45, 7) is 7.80. The number of unbranched alkanes of at least 4 members (excludes halogenated alkanes) is 1. The zero-order chi connectivity index (χ0) is 12.4. The Balaban J connectivity index is 3.55. The molecule has 0 saturated heterocycles. The van der Waals surface area contributed by atoms with Gasteiger partial charge in [0, 0.05) is 13.1 Å². The standard InChI is InChI=1S/C13H28N2O/c1-4-7-12(10-14)13(16)15-9-6-5-8-11(2)3/h11-12H,4-10,14H2,1-3H3,(H,15,16). The van der Waals surface area contributed by atoms with E-state index in [0.717, 1.165) is 31.7 Å². The van der Waals surface area contributed by atoms with E-state index in [2.05, 4.69) is 26.1 Å². The van der Waals surface area contributed by atoms with Crippen LogP contribution in [0.1, 0.15) is 52.9 Å². The summed E-state index contributed by atoms with van der Waals surface area (Å²) in [5, 5.41) is 2.97. The van der Waals surface area contributed by atoms with E-state index >= 15 is 0 Å². The summed E-state index contributed by atoms with van der Waals surface area (Å²) in [5.74, 6) is 0.900. The van der Waals surface area contributed by atoms with E-state index in [1.165, 1.54) is 12.8 Å². The second-order valence-electron chi connectivity index (χ2n) is 4.90. The van der Waals surface area contributed by atoms with Crippen molar-refractivity contribution in [2.75, 3.05) is 13.1 Å². The van der Waals surface area contributed by atoms with Gasteiger partial charge in [0.1, 0.15) is 0 Å². The van der Waals surface area contributed by atoms with Crippen molar-refractivity contribution >= 4 is 5.91 Å². The van der Waals surface area contributed by atoms with Gasteiger partial charge in [0.05, 0.1) is 5.92 Å². The van der Waals surface area contributed by atoms with Crippen molar-refractivity contribution in [2.24, 2.45) is 17.6 Å². The first kappa shape index (κ1) is 15.4. The van der Waals surface area contributed by atoms with E-state index in [1.807, 2.05) is 0 Å². The molecule has 0 aliphatic carbocycles. The zero-order valence-electron chi connectivity index (χ0n) is 11.1. The lowest BCUT2D eigenvalue weighted by molar-refractivity contribution is -0.124. The second-order valence-corrected chi connectivity index (χ2v) is 4.90. The minimum Gasteiger partial charge on any atom is -0.356 e. The highest BCUT2D eigenvalue weighted by Gasteiger charge is 2.14. The van der Waals surface area contributed by atoms with Gasteiger partial charge in [-0.3, -0.25) is 4.79 Å². The zero-order valence-corrected chi connectivity index (χ0v) is 11.1. The predicted molar refractivity (Wildman–Crippen MR) is 69.2 cm³/mol. The van der Waals surface area contributed by atoms with Crippen LogP contribution in [-0.4, -0.2) is 19.0 Å². The largest absolute Gasteiger partial charge is 0.356 e. The number of rotatable bonds is 9. The van der Waals surface area contributed by atoms with Crippen LogP contribution in [0.15, 0.2) is 0 Å². The van der Waals surface area contributed by atoms with Crippen LogP contribution in [0.5, 0.6) is 0 Å². The number of carbonyl (C=O) groups is 1. The molecule has 16 heavy (non-hydrogen) atoms. The van der Waals surface area contributed by atoms with Crippen molar-refractivity contribution in [3.8, 4) is 0 Å². The highest BCUT2D eigenvalue weighted by Crippen LogP contribution is 2.06. The van der Waals surface area contributed by atoms with Crippen molar-refractivity contribution in [1.82, 2.24) is 5.32 Å². The topological polar surface area (TPSA) is 55.1 Å². The average Bonchev–Trinajstić information content (AvgIpc) is 2.24. The van der Waals surface area contributed by atoms with Gasteiger partial charge < -0.3 is 11.1 Å². The van der Waals surface area contributed by atoms with Crippen molar-refractivity contribution in [3.63, 3.8) is 0 Å². The molecule has 0 spiro atoms. The lowest BCUT2D eigenvalue weighted by Crippen LogP contribution is -2.35. The fourth-order valence-electron chi connectivity index (χ4n) is 1.74. The molecule has 0 heterocycles. The van der Waals surface area contributed by atoms with Crippen LogP contribution < -0.4 is 11.1 Å². The molecule has 0 saturated carbocycles. The number of nitrogens with one attached hydrogen (secondary N) is 1. The molecule has 0 radical (unpaired) electrons. The van der Waals surface area contributed by atoms with Gasteiger partial charge in [-0.05, 0) is 18.8 Å². The van der Waals surface area contributed by atoms with Crippen LogP contribution in [0.2, 0.25) is 0 Å². The molecule has 3 nitrogen and oxygen atoms in total. The van der Waals surface area contributed by atoms with Crippen molar-refractivity contribution in [1.29, 1.82) is 0 Å². The molecule has 0 aromatic rings. The predicted octanol–water partition coefficient (Wildman–Crippen LogP) is 2.30. The molecule has 0 aliphatic rings.